The van der Waals surface area contributed by atoms with Gasteiger partial charge in [-0.05, 0) is 37.5 Å². The van der Waals surface area contributed by atoms with Crippen molar-refractivity contribution in [1.82, 2.24) is 10.6 Å². The Morgan fingerprint density at radius 2 is 1.57 bits per heavy atom. The highest BCUT2D eigenvalue weighted by Crippen LogP contribution is 2.42. The average Bonchev–Trinajstić information content (AvgIpc) is 2.65. The lowest BCUT2D eigenvalue weighted by Gasteiger charge is -2.31. The van der Waals surface area contributed by atoms with Crippen LogP contribution < -0.4 is 24.8 Å². The van der Waals surface area contributed by atoms with E-state index in [1.807, 2.05) is 13.8 Å². The normalized spacial score (nSPS) is 16.6. The topological polar surface area (TPSA) is 95.1 Å². The standard InChI is InChI=1S/C20H28N2O6/c1-10(2)16-15(19(23)28-11(3)4)17(22-20(24)21-16)12-8-13(25-5)18(27-7)14(9-12)26-6/h8-11,17H,1-7H3,(H2,21,22,24). The van der Waals surface area contributed by atoms with Crippen LogP contribution in [0.15, 0.2) is 23.4 Å². The molecule has 0 saturated heterocycles. The summed E-state index contributed by atoms with van der Waals surface area (Å²) in [6.07, 6.45) is -0.299. The van der Waals surface area contributed by atoms with Crippen molar-refractivity contribution < 1.29 is 28.5 Å². The zero-order valence-electron chi connectivity index (χ0n) is 17.3. The van der Waals surface area contributed by atoms with E-state index in [4.69, 9.17) is 18.9 Å². The van der Waals surface area contributed by atoms with E-state index >= 15 is 0 Å². The summed E-state index contributed by atoms with van der Waals surface area (Å²) >= 11 is 0. The number of allylic oxidation sites excluding steroid dienone is 1. The third-order valence-corrected chi connectivity index (χ3v) is 4.26. The molecule has 1 heterocycles. The monoisotopic (exact) mass is 392 g/mol. The zero-order chi connectivity index (χ0) is 21.0. The van der Waals surface area contributed by atoms with Crippen molar-refractivity contribution in [2.45, 2.75) is 39.8 Å². The molecule has 1 aliphatic heterocycles. The van der Waals surface area contributed by atoms with Crippen LogP contribution in [-0.4, -0.2) is 39.4 Å². The van der Waals surface area contributed by atoms with Crippen LogP contribution in [0.1, 0.15) is 39.3 Å². The number of carbonyl (C=O) groups excluding carboxylic acids is 2. The van der Waals surface area contributed by atoms with Crippen molar-refractivity contribution in [2.24, 2.45) is 5.92 Å². The quantitative estimate of drug-likeness (QED) is 0.693. The Morgan fingerprint density at radius 1 is 1.00 bits per heavy atom. The van der Waals surface area contributed by atoms with Gasteiger partial charge in [-0.15, -0.1) is 0 Å². The Morgan fingerprint density at radius 3 is 2.00 bits per heavy atom. The van der Waals surface area contributed by atoms with E-state index in [9.17, 15) is 9.59 Å². The van der Waals surface area contributed by atoms with Gasteiger partial charge in [-0.1, -0.05) is 13.8 Å². The summed E-state index contributed by atoms with van der Waals surface area (Å²) in [5.41, 5.74) is 1.48. The van der Waals surface area contributed by atoms with Crippen LogP contribution in [0.5, 0.6) is 17.2 Å². The lowest BCUT2D eigenvalue weighted by molar-refractivity contribution is -0.143. The number of methoxy groups -OCH3 is 3. The van der Waals surface area contributed by atoms with Gasteiger partial charge in [0.15, 0.2) is 11.5 Å². The highest BCUT2D eigenvalue weighted by atomic mass is 16.5. The van der Waals surface area contributed by atoms with Gasteiger partial charge in [0.05, 0.1) is 39.0 Å². The van der Waals surface area contributed by atoms with Crippen molar-refractivity contribution in [3.8, 4) is 17.2 Å². The van der Waals surface area contributed by atoms with Gasteiger partial charge in [0.2, 0.25) is 5.75 Å². The van der Waals surface area contributed by atoms with Gasteiger partial charge in [-0.2, -0.15) is 0 Å². The minimum absolute atomic E-state index is 0.0923. The number of rotatable bonds is 7. The van der Waals surface area contributed by atoms with Gasteiger partial charge in [-0.25, -0.2) is 9.59 Å². The van der Waals surface area contributed by atoms with E-state index in [1.165, 1.54) is 21.3 Å². The molecule has 0 bridgehead atoms. The van der Waals surface area contributed by atoms with E-state index in [2.05, 4.69) is 10.6 Å². The van der Waals surface area contributed by atoms with Crippen LogP contribution in [0.25, 0.3) is 0 Å². The van der Waals surface area contributed by atoms with E-state index in [-0.39, 0.29) is 12.0 Å². The molecule has 0 saturated carbocycles. The molecule has 2 N–H and O–H groups in total. The maximum atomic E-state index is 12.9. The molecule has 28 heavy (non-hydrogen) atoms. The summed E-state index contributed by atoms with van der Waals surface area (Å²) in [6.45, 7) is 7.35. The Balaban J connectivity index is 2.67. The van der Waals surface area contributed by atoms with Crippen molar-refractivity contribution in [1.29, 1.82) is 0 Å². The first-order valence-electron chi connectivity index (χ1n) is 9.05. The zero-order valence-corrected chi connectivity index (χ0v) is 17.3. The van der Waals surface area contributed by atoms with Crippen molar-refractivity contribution in [2.75, 3.05) is 21.3 Å². The highest BCUT2D eigenvalue weighted by Gasteiger charge is 2.36. The first-order chi connectivity index (χ1) is 13.2. The largest absolute Gasteiger partial charge is 0.493 e. The minimum Gasteiger partial charge on any atom is -0.493 e. The molecule has 0 radical (unpaired) electrons. The Kier molecular flexibility index (Phi) is 6.77. The number of hydrogen-bond acceptors (Lipinski definition) is 6. The minimum atomic E-state index is -0.730. The molecule has 0 aromatic heterocycles. The van der Waals surface area contributed by atoms with E-state index in [0.29, 0.717) is 34.1 Å². The molecular weight excluding hydrogens is 364 g/mol. The molecule has 1 unspecified atom stereocenters. The molecule has 1 aromatic rings. The predicted octanol–water partition coefficient (Wildman–Crippen LogP) is 2.93. The third-order valence-electron chi connectivity index (χ3n) is 4.26. The van der Waals surface area contributed by atoms with Gasteiger partial charge in [-0.3, -0.25) is 0 Å². The summed E-state index contributed by atoms with van der Waals surface area (Å²) in [7, 11) is 4.52. The molecule has 2 amide bonds. The van der Waals surface area contributed by atoms with Gasteiger partial charge < -0.3 is 29.6 Å². The van der Waals surface area contributed by atoms with Crippen molar-refractivity contribution in [3.05, 3.63) is 29.0 Å². The van der Waals surface area contributed by atoms with Gasteiger partial charge in [0.1, 0.15) is 0 Å². The molecule has 1 atom stereocenters. The van der Waals surface area contributed by atoms with E-state index < -0.39 is 18.0 Å². The maximum absolute atomic E-state index is 12.9. The summed E-state index contributed by atoms with van der Waals surface area (Å²) in [5, 5.41) is 5.54. The molecule has 0 fully saturated rings. The van der Waals surface area contributed by atoms with Crippen LogP contribution in [0, 0.1) is 5.92 Å². The number of esters is 1. The number of hydrogen-bond donors (Lipinski definition) is 2. The van der Waals surface area contributed by atoms with Crippen LogP contribution in [0.2, 0.25) is 0 Å². The second-order valence-electron chi connectivity index (χ2n) is 6.93. The first-order valence-corrected chi connectivity index (χ1v) is 9.05. The fourth-order valence-corrected chi connectivity index (χ4v) is 3.06. The Bertz CT molecular complexity index is 760. The molecule has 0 spiro atoms. The van der Waals surface area contributed by atoms with E-state index in [1.54, 1.807) is 26.0 Å². The van der Waals surface area contributed by atoms with Gasteiger partial charge in [0.25, 0.3) is 0 Å². The second kappa shape index (κ2) is 8.86. The average molecular weight is 392 g/mol. The third kappa shape index (κ3) is 4.32. The Hall–Kier alpha value is -2.90. The van der Waals surface area contributed by atoms with Crippen molar-refractivity contribution >= 4 is 12.0 Å². The number of amides is 2. The number of ether oxygens (including phenoxy) is 4. The van der Waals surface area contributed by atoms with Crippen LogP contribution >= 0.6 is 0 Å². The van der Waals surface area contributed by atoms with Crippen molar-refractivity contribution in [3.63, 3.8) is 0 Å². The summed E-state index contributed by atoms with van der Waals surface area (Å²) in [4.78, 5) is 25.2. The SMILES string of the molecule is COc1cc(C2NC(=O)NC(C(C)C)=C2C(=O)OC(C)C)cc(OC)c1OC. The number of nitrogens with one attached hydrogen (secondary N) is 2. The second-order valence-corrected chi connectivity index (χ2v) is 6.93. The molecule has 2 rings (SSSR count). The van der Waals surface area contributed by atoms with Crippen LogP contribution in [-0.2, 0) is 9.53 Å². The fourth-order valence-electron chi connectivity index (χ4n) is 3.06. The summed E-state index contributed by atoms with van der Waals surface area (Å²) in [5.74, 6) is 0.684. The van der Waals surface area contributed by atoms with Crippen LogP contribution in [0.3, 0.4) is 0 Å². The van der Waals surface area contributed by atoms with Gasteiger partial charge >= 0.3 is 12.0 Å². The highest BCUT2D eigenvalue weighted by molar-refractivity contribution is 5.95. The maximum Gasteiger partial charge on any atom is 0.338 e. The van der Waals surface area contributed by atoms with Crippen LogP contribution in [0.4, 0.5) is 4.79 Å². The molecule has 8 heteroatoms. The number of carbonyl (C=O) groups is 2. The Labute approximate surface area is 165 Å². The molecule has 154 valence electrons. The first kappa shape index (κ1) is 21.4. The van der Waals surface area contributed by atoms with Gasteiger partial charge in [0, 0.05) is 5.70 Å². The fraction of sp³-hybridized carbons (Fsp3) is 0.500. The summed E-state index contributed by atoms with van der Waals surface area (Å²) in [6, 6.07) is 2.28. The smallest absolute Gasteiger partial charge is 0.338 e. The molecule has 8 nitrogen and oxygen atoms in total. The summed E-state index contributed by atoms with van der Waals surface area (Å²) < 4.78 is 21.6. The predicted molar refractivity (Wildman–Crippen MR) is 104 cm³/mol. The molecule has 0 aliphatic carbocycles. The molecule has 1 aliphatic rings. The van der Waals surface area contributed by atoms with E-state index in [0.717, 1.165) is 0 Å². The lowest BCUT2D eigenvalue weighted by Crippen LogP contribution is -2.47. The molecular formula is C20H28N2O6. The molecule has 1 aromatic carbocycles. The number of benzene rings is 1. The number of urea groups is 1. The lowest BCUT2D eigenvalue weighted by atomic mass is 9.91.